The van der Waals surface area contributed by atoms with E-state index in [4.69, 9.17) is 9.47 Å². The normalized spacial score (nSPS) is 15.4. The highest BCUT2D eigenvalue weighted by Crippen LogP contribution is 2.35. The molecule has 1 unspecified atom stereocenters. The topological polar surface area (TPSA) is 52.6 Å². The van der Waals surface area contributed by atoms with Gasteiger partial charge in [0.25, 0.3) is 0 Å². The van der Waals surface area contributed by atoms with Crippen molar-refractivity contribution in [2.75, 3.05) is 19.1 Å². The van der Waals surface area contributed by atoms with Crippen LogP contribution in [-0.2, 0) is 9.84 Å². The summed E-state index contributed by atoms with van der Waals surface area (Å²) >= 11 is 0. The fourth-order valence-electron chi connectivity index (χ4n) is 3.53. The molecule has 4 nitrogen and oxygen atoms in total. The zero-order valence-electron chi connectivity index (χ0n) is 17.1. The van der Waals surface area contributed by atoms with E-state index >= 15 is 0 Å². The molecular weight excluding hydrogens is 384 g/mol. The number of ether oxygens (including phenoxy) is 2. The number of hydrogen-bond acceptors (Lipinski definition) is 4. The van der Waals surface area contributed by atoms with Crippen LogP contribution in [0.1, 0.15) is 49.1 Å². The third-order valence-electron chi connectivity index (χ3n) is 5.13. The van der Waals surface area contributed by atoms with Crippen LogP contribution in [0.25, 0.3) is 0 Å². The molecule has 0 N–H and O–H groups in total. The van der Waals surface area contributed by atoms with Crippen molar-refractivity contribution in [2.45, 2.75) is 44.1 Å². The molecule has 29 heavy (non-hydrogen) atoms. The quantitative estimate of drug-likeness (QED) is 0.625. The van der Waals surface area contributed by atoms with Crippen molar-refractivity contribution in [2.24, 2.45) is 0 Å². The minimum atomic E-state index is -3.08. The summed E-state index contributed by atoms with van der Waals surface area (Å²) in [6.45, 7) is 0. The molecule has 154 valence electrons. The van der Waals surface area contributed by atoms with E-state index in [1.54, 1.807) is 7.11 Å². The minimum Gasteiger partial charge on any atom is -0.493 e. The molecule has 0 spiro atoms. The van der Waals surface area contributed by atoms with Gasteiger partial charge < -0.3 is 9.47 Å². The maximum Gasteiger partial charge on any atom is 0.161 e. The van der Waals surface area contributed by atoms with Gasteiger partial charge in [0, 0.05) is 17.7 Å². The van der Waals surface area contributed by atoms with E-state index in [0.29, 0.717) is 17.9 Å². The summed E-state index contributed by atoms with van der Waals surface area (Å²) in [5, 5.41) is 0. The average Bonchev–Trinajstić information content (AvgIpc) is 3.21. The van der Waals surface area contributed by atoms with E-state index in [1.165, 1.54) is 19.1 Å². The Hall–Kier alpha value is -2.45. The predicted octanol–water partition coefficient (Wildman–Crippen LogP) is 4.59. The molecular formula is C24H28O4S. The highest BCUT2D eigenvalue weighted by atomic mass is 32.2. The van der Waals surface area contributed by atoms with Gasteiger partial charge in [-0.1, -0.05) is 36.1 Å². The molecule has 2 aromatic carbocycles. The van der Waals surface area contributed by atoms with Crippen molar-refractivity contribution < 1.29 is 17.9 Å². The summed E-state index contributed by atoms with van der Waals surface area (Å²) in [7, 11) is -1.44. The van der Waals surface area contributed by atoms with Gasteiger partial charge in [0.1, 0.15) is 9.84 Å². The molecule has 2 aromatic rings. The summed E-state index contributed by atoms with van der Waals surface area (Å²) in [6, 6.07) is 15.5. The van der Waals surface area contributed by atoms with Gasteiger partial charge in [0.05, 0.1) is 19.0 Å². The van der Waals surface area contributed by atoms with Gasteiger partial charge in [-0.2, -0.15) is 0 Å². The van der Waals surface area contributed by atoms with E-state index in [-0.39, 0.29) is 17.8 Å². The molecule has 5 heteroatoms. The standard InChI is InChI=1S/C24H28O4S/c1-27-23-15-14-21(18-24(23)28-22-10-6-7-11-22)20(16-17-29(2,25)26)13-12-19-8-4-3-5-9-19/h3-5,8-9,14-15,18,20,22H,6-7,10-11,16-17H2,1-2H3. The Morgan fingerprint density at radius 1 is 1.07 bits per heavy atom. The zero-order valence-corrected chi connectivity index (χ0v) is 17.9. The van der Waals surface area contributed by atoms with Gasteiger partial charge in [-0.25, -0.2) is 8.42 Å². The molecule has 1 aliphatic rings. The second-order valence-corrected chi connectivity index (χ2v) is 9.80. The van der Waals surface area contributed by atoms with Crippen LogP contribution in [0.4, 0.5) is 0 Å². The van der Waals surface area contributed by atoms with E-state index < -0.39 is 9.84 Å². The monoisotopic (exact) mass is 412 g/mol. The van der Waals surface area contributed by atoms with Crippen LogP contribution < -0.4 is 9.47 Å². The summed E-state index contributed by atoms with van der Waals surface area (Å²) < 4.78 is 35.2. The van der Waals surface area contributed by atoms with Crippen molar-refractivity contribution in [1.82, 2.24) is 0 Å². The van der Waals surface area contributed by atoms with E-state index in [0.717, 1.165) is 24.0 Å². The molecule has 1 fully saturated rings. The lowest BCUT2D eigenvalue weighted by Crippen LogP contribution is -2.12. The number of sulfone groups is 1. The summed E-state index contributed by atoms with van der Waals surface area (Å²) in [5.41, 5.74) is 1.86. The SMILES string of the molecule is COc1ccc(C(C#Cc2ccccc2)CCS(C)(=O)=O)cc1OC1CCCC1. The van der Waals surface area contributed by atoms with Crippen LogP contribution in [0.2, 0.25) is 0 Å². The summed E-state index contributed by atoms with van der Waals surface area (Å²) in [5.74, 6) is 7.74. The molecule has 1 aliphatic carbocycles. The number of rotatable bonds is 7. The Labute approximate surface area is 174 Å². The van der Waals surface area contributed by atoms with Crippen molar-refractivity contribution >= 4 is 9.84 Å². The van der Waals surface area contributed by atoms with E-state index in [2.05, 4.69) is 11.8 Å². The largest absolute Gasteiger partial charge is 0.493 e. The first-order chi connectivity index (χ1) is 13.9. The molecule has 0 amide bonds. The van der Waals surface area contributed by atoms with Crippen LogP contribution in [0.5, 0.6) is 11.5 Å². The molecule has 0 heterocycles. The first kappa shape index (κ1) is 21.3. The third-order valence-corrected chi connectivity index (χ3v) is 6.11. The number of methoxy groups -OCH3 is 1. The van der Waals surface area contributed by atoms with Crippen molar-refractivity contribution in [3.05, 3.63) is 59.7 Å². The van der Waals surface area contributed by atoms with Gasteiger partial charge in [-0.15, -0.1) is 0 Å². The van der Waals surface area contributed by atoms with Crippen LogP contribution in [0.3, 0.4) is 0 Å². The van der Waals surface area contributed by atoms with Gasteiger partial charge >= 0.3 is 0 Å². The predicted molar refractivity (Wildman–Crippen MR) is 116 cm³/mol. The Kier molecular flexibility index (Phi) is 7.22. The lowest BCUT2D eigenvalue weighted by molar-refractivity contribution is 0.200. The maximum atomic E-state index is 11.7. The molecule has 1 saturated carbocycles. The highest BCUT2D eigenvalue weighted by molar-refractivity contribution is 7.90. The first-order valence-electron chi connectivity index (χ1n) is 10.0. The zero-order chi connectivity index (χ0) is 20.7. The fraction of sp³-hybridized carbons (Fsp3) is 0.417. The van der Waals surface area contributed by atoms with Crippen molar-refractivity contribution in [1.29, 1.82) is 0 Å². The Bertz CT molecular complexity index is 965. The summed E-state index contributed by atoms with van der Waals surface area (Å²) in [4.78, 5) is 0. The molecule has 0 aromatic heterocycles. The first-order valence-corrected chi connectivity index (χ1v) is 12.1. The van der Waals surface area contributed by atoms with Gasteiger partial charge in [0.2, 0.25) is 0 Å². The lowest BCUT2D eigenvalue weighted by Gasteiger charge is -2.18. The smallest absolute Gasteiger partial charge is 0.161 e. The minimum absolute atomic E-state index is 0.0893. The van der Waals surface area contributed by atoms with Crippen molar-refractivity contribution in [3.8, 4) is 23.3 Å². The van der Waals surface area contributed by atoms with Crippen LogP contribution in [-0.4, -0.2) is 33.6 Å². The molecule has 1 atom stereocenters. The average molecular weight is 413 g/mol. The second kappa shape index (κ2) is 9.84. The van der Waals surface area contributed by atoms with Gasteiger partial charge in [-0.3, -0.25) is 0 Å². The van der Waals surface area contributed by atoms with Gasteiger partial charge in [-0.05, 0) is 61.9 Å². The molecule has 0 radical (unpaired) electrons. The van der Waals surface area contributed by atoms with E-state index in [9.17, 15) is 8.42 Å². The Morgan fingerprint density at radius 3 is 2.45 bits per heavy atom. The van der Waals surface area contributed by atoms with Gasteiger partial charge in [0.15, 0.2) is 11.5 Å². The molecule has 0 saturated heterocycles. The Morgan fingerprint density at radius 2 is 1.79 bits per heavy atom. The van der Waals surface area contributed by atoms with Crippen LogP contribution in [0.15, 0.2) is 48.5 Å². The third kappa shape index (κ3) is 6.54. The fourth-order valence-corrected chi connectivity index (χ4v) is 4.20. The van der Waals surface area contributed by atoms with E-state index in [1.807, 2.05) is 48.5 Å². The highest BCUT2D eigenvalue weighted by Gasteiger charge is 2.20. The maximum absolute atomic E-state index is 11.7. The Balaban J connectivity index is 1.90. The molecule has 0 bridgehead atoms. The summed E-state index contributed by atoms with van der Waals surface area (Å²) in [6.07, 6.45) is 6.39. The number of hydrogen-bond donors (Lipinski definition) is 0. The molecule has 3 rings (SSSR count). The second-order valence-electron chi connectivity index (χ2n) is 7.54. The van der Waals surface area contributed by atoms with Crippen LogP contribution >= 0.6 is 0 Å². The number of benzene rings is 2. The van der Waals surface area contributed by atoms with Crippen LogP contribution in [0, 0.1) is 11.8 Å². The lowest BCUT2D eigenvalue weighted by atomic mass is 9.96. The van der Waals surface area contributed by atoms with Crippen molar-refractivity contribution in [3.63, 3.8) is 0 Å². The molecule has 0 aliphatic heterocycles.